The number of hydrogen-bond donors (Lipinski definition) is 2. The highest BCUT2D eigenvalue weighted by Gasteiger charge is 2.22. The molecule has 1 aliphatic heterocycles. The van der Waals surface area contributed by atoms with Crippen molar-refractivity contribution in [3.8, 4) is 11.5 Å². The first kappa shape index (κ1) is 30.3. The van der Waals surface area contributed by atoms with E-state index in [1.165, 1.54) is 5.01 Å². The van der Waals surface area contributed by atoms with Crippen LogP contribution in [0.15, 0.2) is 96.1 Å². The number of methoxy groups -OCH3 is 1. The predicted molar refractivity (Wildman–Crippen MR) is 171 cm³/mol. The molecular weight excluding hydrogens is 580 g/mol. The Kier molecular flexibility index (Phi) is 9.56. The van der Waals surface area contributed by atoms with Crippen molar-refractivity contribution in [3.63, 3.8) is 0 Å². The maximum absolute atomic E-state index is 13.5. The van der Waals surface area contributed by atoms with Gasteiger partial charge in [0.05, 0.1) is 19.4 Å². The number of nitrogens with one attached hydrogen (secondary N) is 2. The molecule has 0 fully saturated rings. The summed E-state index contributed by atoms with van der Waals surface area (Å²) in [4.78, 5) is 39.2. The minimum atomic E-state index is -0.392. The first-order valence-corrected chi connectivity index (χ1v) is 14.5. The zero-order valence-electron chi connectivity index (χ0n) is 24.3. The molecule has 0 radical (unpaired) electrons. The first-order valence-electron chi connectivity index (χ1n) is 14.1. The number of amides is 3. The Morgan fingerprint density at radius 3 is 2.11 bits per heavy atom. The van der Waals surface area contributed by atoms with Gasteiger partial charge in [-0.25, -0.2) is 5.01 Å². The number of nitrogens with zero attached hydrogens (tertiary/aromatic N) is 2. The zero-order chi connectivity index (χ0) is 31.1. The number of anilines is 2. The molecule has 1 aliphatic rings. The summed E-state index contributed by atoms with van der Waals surface area (Å²) in [6, 6.07) is 25.5. The lowest BCUT2D eigenvalue weighted by Gasteiger charge is -2.24. The molecule has 0 saturated carbocycles. The molecule has 0 aliphatic carbocycles. The molecule has 5 rings (SSSR count). The number of benzene rings is 4. The average Bonchev–Trinajstić information content (AvgIpc) is 3.05. The minimum Gasteiger partial charge on any atom is -0.493 e. The van der Waals surface area contributed by atoms with Gasteiger partial charge >= 0.3 is 0 Å². The summed E-state index contributed by atoms with van der Waals surface area (Å²) in [5, 5.41) is 12.2. The monoisotopic (exact) mass is 610 g/mol. The van der Waals surface area contributed by atoms with Crippen LogP contribution in [0.3, 0.4) is 0 Å². The molecular formula is C34H31ClN4O5. The molecule has 1 heterocycles. The third-order valence-corrected chi connectivity index (χ3v) is 7.13. The van der Waals surface area contributed by atoms with Crippen molar-refractivity contribution in [2.45, 2.75) is 19.8 Å². The average molecular weight is 611 g/mol. The summed E-state index contributed by atoms with van der Waals surface area (Å²) in [6.45, 7) is 2.87. The predicted octanol–water partition coefficient (Wildman–Crippen LogP) is 6.89. The fourth-order valence-corrected chi connectivity index (χ4v) is 4.96. The van der Waals surface area contributed by atoms with E-state index in [9.17, 15) is 14.4 Å². The molecule has 4 aromatic carbocycles. The second-order valence-corrected chi connectivity index (χ2v) is 10.4. The normalized spacial score (nSPS) is 12.6. The molecule has 0 atom stereocenters. The van der Waals surface area contributed by atoms with E-state index in [1.807, 2.05) is 25.1 Å². The van der Waals surface area contributed by atoms with E-state index in [1.54, 1.807) is 79.9 Å². The van der Waals surface area contributed by atoms with E-state index >= 15 is 0 Å². The highest BCUT2D eigenvalue weighted by atomic mass is 35.5. The molecule has 9 nitrogen and oxygen atoms in total. The van der Waals surface area contributed by atoms with E-state index in [0.717, 1.165) is 24.1 Å². The Balaban J connectivity index is 1.28. The van der Waals surface area contributed by atoms with Gasteiger partial charge in [-0.2, -0.15) is 5.10 Å². The van der Waals surface area contributed by atoms with Crippen molar-refractivity contribution in [3.05, 3.63) is 118 Å². The van der Waals surface area contributed by atoms with E-state index in [4.69, 9.17) is 21.1 Å². The Morgan fingerprint density at radius 2 is 1.45 bits per heavy atom. The molecule has 2 N–H and O–H groups in total. The summed E-state index contributed by atoms with van der Waals surface area (Å²) in [5.41, 5.74) is 3.67. The van der Waals surface area contributed by atoms with E-state index in [0.29, 0.717) is 57.7 Å². The molecule has 3 amide bonds. The van der Waals surface area contributed by atoms with Crippen LogP contribution in [0.4, 0.5) is 11.4 Å². The molecule has 4 aromatic rings. The van der Waals surface area contributed by atoms with Crippen molar-refractivity contribution >= 4 is 46.4 Å². The summed E-state index contributed by atoms with van der Waals surface area (Å²) in [6.07, 6.45) is 1.47. The van der Waals surface area contributed by atoms with Crippen LogP contribution in [0.25, 0.3) is 0 Å². The molecule has 0 spiro atoms. The van der Waals surface area contributed by atoms with Gasteiger partial charge < -0.3 is 20.1 Å². The largest absolute Gasteiger partial charge is 0.493 e. The Bertz CT molecular complexity index is 1740. The standard InChI is InChI=1S/C34H31ClN4O5/c1-3-44-31-21-22(15-16-30(31)43-2)29-14-7-17-39(38-29)34(42)25-10-6-13-28(20-25)37-33(41)24-9-5-12-27(19-24)36-32(40)23-8-4-11-26(35)18-23/h4-6,8-13,15-16,18-21H,3,7,14,17H2,1-2H3,(H,36,40)(H,37,41). The molecule has 44 heavy (non-hydrogen) atoms. The van der Waals surface area contributed by atoms with Gasteiger partial charge in [0.2, 0.25) is 0 Å². The number of hydrazone groups is 1. The van der Waals surface area contributed by atoms with Crippen LogP contribution >= 0.6 is 11.6 Å². The number of hydrogen-bond acceptors (Lipinski definition) is 6. The van der Waals surface area contributed by atoms with E-state index in [2.05, 4.69) is 15.7 Å². The maximum Gasteiger partial charge on any atom is 0.274 e. The van der Waals surface area contributed by atoms with Gasteiger partial charge in [0.15, 0.2) is 11.5 Å². The first-order chi connectivity index (χ1) is 21.3. The van der Waals surface area contributed by atoms with Crippen LogP contribution < -0.4 is 20.1 Å². The topological polar surface area (TPSA) is 109 Å². The van der Waals surface area contributed by atoms with Gasteiger partial charge in [0.1, 0.15) is 0 Å². The van der Waals surface area contributed by atoms with Crippen molar-refractivity contribution < 1.29 is 23.9 Å². The lowest BCUT2D eigenvalue weighted by Crippen LogP contribution is -2.32. The van der Waals surface area contributed by atoms with Crippen molar-refractivity contribution in [2.24, 2.45) is 5.10 Å². The van der Waals surface area contributed by atoms with E-state index < -0.39 is 5.91 Å². The quantitative estimate of drug-likeness (QED) is 0.214. The highest BCUT2D eigenvalue weighted by Crippen LogP contribution is 2.30. The Hall–Kier alpha value is -5.15. The summed E-state index contributed by atoms with van der Waals surface area (Å²) >= 11 is 6.00. The number of ether oxygens (including phenoxy) is 2. The fraction of sp³-hybridized carbons (Fsp3) is 0.176. The highest BCUT2D eigenvalue weighted by molar-refractivity contribution is 6.31. The van der Waals surface area contributed by atoms with Crippen LogP contribution in [0.1, 0.15) is 56.4 Å². The summed E-state index contributed by atoms with van der Waals surface area (Å²) < 4.78 is 11.1. The zero-order valence-corrected chi connectivity index (χ0v) is 25.1. The van der Waals surface area contributed by atoms with Gasteiger partial charge in [-0.1, -0.05) is 29.8 Å². The van der Waals surface area contributed by atoms with Gasteiger partial charge in [-0.15, -0.1) is 0 Å². The van der Waals surface area contributed by atoms with Crippen LogP contribution in [0.2, 0.25) is 5.02 Å². The van der Waals surface area contributed by atoms with Crippen LogP contribution in [-0.2, 0) is 0 Å². The second kappa shape index (κ2) is 13.9. The second-order valence-electron chi connectivity index (χ2n) is 9.96. The lowest BCUT2D eigenvalue weighted by atomic mass is 10.0. The third-order valence-electron chi connectivity index (χ3n) is 6.89. The fourth-order valence-electron chi connectivity index (χ4n) is 4.77. The number of carbonyl (C=O) groups excluding carboxylic acids is 3. The Morgan fingerprint density at radius 1 is 0.818 bits per heavy atom. The molecule has 10 heteroatoms. The summed E-state index contributed by atoms with van der Waals surface area (Å²) in [5.74, 6) is 0.240. The van der Waals surface area contributed by atoms with Crippen molar-refractivity contribution in [1.29, 1.82) is 0 Å². The summed E-state index contributed by atoms with van der Waals surface area (Å²) in [7, 11) is 1.59. The van der Waals surface area contributed by atoms with Crippen molar-refractivity contribution in [1.82, 2.24) is 5.01 Å². The molecule has 0 aromatic heterocycles. The van der Waals surface area contributed by atoms with Crippen LogP contribution in [0, 0.1) is 0 Å². The molecule has 0 unspecified atom stereocenters. The molecule has 0 saturated heterocycles. The third kappa shape index (κ3) is 7.25. The number of halogens is 1. The Labute approximate surface area is 260 Å². The van der Waals surface area contributed by atoms with Crippen molar-refractivity contribution in [2.75, 3.05) is 30.9 Å². The number of carbonyl (C=O) groups is 3. The van der Waals surface area contributed by atoms with Gasteiger partial charge in [-0.05, 0) is 92.6 Å². The SMILES string of the molecule is CCOc1cc(C2=NN(C(=O)c3cccc(NC(=O)c4cccc(NC(=O)c5cccc(Cl)c5)c4)c3)CCC2)ccc1OC. The lowest BCUT2D eigenvalue weighted by molar-refractivity contribution is 0.0751. The molecule has 224 valence electrons. The van der Waals surface area contributed by atoms with Gasteiger partial charge in [0.25, 0.3) is 17.7 Å². The maximum atomic E-state index is 13.5. The smallest absolute Gasteiger partial charge is 0.274 e. The number of rotatable bonds is 9. The van der Waals surface area contributed by atoms with Gasteiger partial charge in [-0.3, -0.25) is 14.4 Å². The van der Waals surface area contributed by atoms with Crippen LogP contribution in [0.5, 0.6) is 11.5 Å². The minimum absolute atomic E-state index is 0.275. The van der Waals surface area contributed by atoms with E-state index in [-0.39, 0.29) is 11.8 Å². The molecule has 0 bridgehead atoms. The van der Waals surface area contributed by atoms with Gasteiger partial charge in [0, 0.05) is 45.2 Å². The van der Waals surface area contributed by atoms with Crippen LogP contribution in [-0.4, -0.2) is 48.7 Å².